The molecule has 220 valence electrons. The third kappa shape index (κ3) is 8.14. The molecule has 2 aromatic rings. The largest absolute Gasteiger partial charge is 0.519 e. The Labute approximate surface area is 239 Å². The van der Waals surface area contributed by atoms with Gasteiger partial charge in [-0.05, 0) is 114 Å². The Morgan fingerprint density at radius 2 is 0.975 bits per heavy atom. The summed E-state index contributed by atoms with van der Waals surface area (Å²) in [6.07, 6.45) is 10.9. The summed E-state index contributed by atoms with van der Waals surface area (Å²) in [5.41, 5.74) is 0.951. The van der Waals surface area contributed by atoms with Gasteiger partial charge in [-0.25, -0.2) is 4.79 Å². The molecule has 0 spiro atoms. The van der Waals surface area contributed by atoms with Crippen LogP contribution in [0, 0.1) is 25.7 Å². The van der Waals surface area contributed by atoms with E-state index in [2.05, 4.69) is 0 Å². The monoisotopic (exact) mass is 554 g/mol. The van der Waals surface area contributed by atoms with Crippen molar-refractivity contribution in [3.8, 4) is 23.0 Å². The minimum atomic E-state index is -0.916. The zero-order chi connectivity index (χ0) is 28.8. The van der Waals surface area contributed by atoms with E-state index >= 15 is 0 Å². The minimum Gasteiger partial charge on any atom is -0.391 e. The molecule has 0 radical (unpaired) electrons. The minimum absolute atomic E-state index is 0.208. The number of hydrogen-bond acceptors (Lipinski definition) is 7. The fourth-order valence-corrected chi connectivity index (χ4v) is 5.77. The Balaban J connectivity index is 1.41. The van der Waals surface area contributed by atoms with Gasteiger partial charge in [-0.3, -0.25) is 0 Å². The molecule has 4 rings (SSSR count). The van der Waals surface area contributed by atoms with Gasteiger partial charge in [0.1, 0.15) is 11.2 Å². The number of hydrogen-bond donors (Lipinski definition) is 0. The Morgan fingerprint density at radius 1 is 0.600 bits per heavy atom. The molecule has 0 atom stereocenters. The summed E-state index contributed by atoms with van der Waals surface area (Å²) in [7, 11) is 0. The van der Waals surface area contributed by atoms with Gasteiger partial charge in [0.25, 0.3) is 0 Å². The first kappa shape index (κ1) is 30.2. The van der Waals surface area contributed by atoms with Crippen LogP contribution in [0.2, 0.25) is 0 Å². The molecule has 0 saturated heterocycles. The second-order valence-corrected chi connectivity index (χ2v) is 12.6. The highest BCUT2D eigenvalue weighted by molar-refractivity contribution is 5.69. The van der Waals surface area contributed by atoms with Crippen molar-refractivity contribution in [2.24, 2.45) is 11.8 Å². The molecule has 0 aromatic heterocycles. The highest BCUT2D eigenvalue weighted by Gasteiger charge is 2.35. The highest BCUT2D eigenvalue weighted by atomic mass is 17.2. The number of rotatable bonds is 10. The van der Waals surface area contributed by atoms with Crippen molar-refractivity contribution in [3.63, 3.8) is 0 Å². The van der Waals surface area contributed by atoms with Crippen molar-refractivity contribution >= 4 is 6.16 Å². The molecule has 2 aromatic carbocycles. The molecule has 2 aliphatic carbocycles. The lowest BCUT2D eigenvalue weighted by atomic mass is 9.79. The number of benzene rings is 2. The Bertz CT molecular complexity index is 1040. The van der Waals surface area contributed by atoms with E-state index in [1.807, 2.05) is 53.7 Å². The van der Waals surface area contributed by atoms with Crippen LogP contribution in [0.5, 0.6) is 23.0 Å². The zero-order valence-corrected chi connectivity index (χ0v) is 25.0. The molecule has 0 heterocycles. The number of ether oxygens (including phenoxy) is 2. The molecular formula is C33H46O7. The SMILES string of the molecule is Cc1ccc(OC(=O)Oc2ccc(C)cc2OOC(C)(C)C2CCCCC2)c(OOC(C)(C)C2CCCCC2)c1. The Kier molecular flexibility index (Phi) is 10.0. The molecule has 7 heteroatoms. The first-order chi connectivity index (χ1) is 19.0. The summed E-state index contributed by atoms with van der Waals surface area (Å²) in [5, 5.41) is 0. The van der Waals surface area contributed by atoms with Crippen LogP contribution in [0.1, 0.15) is 103 Å². The Hall–Kier alpha value is -2.77. The van der Waals surface area contributed by atoms with Gasteiger partial charge in [-0.15, -0.1) is 0 Å². The van der Waals surface area contributed by atoms with Crippen LogP contribution in [-0.2, 0) is 9.78 Å². The van der Waals surface area contributed by atoms with Crippen LogP contribution < -0.4 is 19.2 Å². The molecular weight excluding hydrogens is 508 g/mol. The predicted octanol–water partition coefficient (Wildman–Crippen LogP) is 9.22. The van der Waals surface area contributed by atoms with Gasteiger partial charge in [0, 0.05) is 0 Å². The van der Waals surface area contributed by atoms with Crippen LogP contribution in [0.25, 0.3) is 0 Å². The van der Waals surface area contributed by atoms with Crippen LogP contribution in [-0.4, -0.2) is 17.4 Å². The summed E-state index contributed by atoms with van der Waals surface area (Å²) in [6, 6.07) is 10.6. The fourth-order valence-electron chi connectivity index (χ4n) is 5.77. The number of aryl methyl sites for hydroxylation is 2. The van der Waals surface area contributed by atoms with E-state index in [0.717, 1.165) is 36.8 Å². The third-order valence-corrected chi connectivity index (χ3v) is 8.45. The van der Waals surface area contributed by atoms with Crippen molar-refractivity contribution < 1.29 is 33.8 Å². The topological polar surface area (TPSA) is 72.5 Å². The molecule has 0 unspecified atom stereocenters. The van der Waals surface area contributed by atoms with Crippen molar-refractivity contribution in [1.29, 1.82) is 0 Å². The van der Waals surface area contributed by atoms with E-state index in [0.29, 0.717) is 23.3 Å². The summed E-state index contributed by atoms with van der Waals surface area (Å²) in [4.78, 5) is 36.3. The zero-order valence-electron chi connectivity index (χ0n) is 25.0. The maximum absolute atomic E-state index is 12.9. The molecule has 0 aliphatic heterocycles. The molecule has 0 N–H and O–H groups in total. The molecule has 0 bridgehead atoms. The van der Waals surface area contributed by atoms with Gasteiger partial charge in [0.05, 0.1) is 0 Å². The summed E-state index contributed by atoms with van der Waals surface area (Å²) >= 11 is 0. The van der Waals surface area contributed by atoms with E-state index in [1.54, 1.807) is 24.3 Å². The summed E-state index contributed by atoms with van der Waals surface area (Å²) < 4.78 is 11.2. The van der Waals surface area contributed by atoms with Gasteiger partial charge >= 0.3 is 6.16 Å². The lowest BCUT2D eigenvalue weighted by molar-refractivity contribution is -0.299. The molecule has 40 heavy (non-hydrogen) atoms. The summed E-state index contributed by atoms with van der Waals surface area (Å²) in [6.45, 7) is 12.1. The lowest BCUT2D eigenvalue weighted by Gasteiger charge is -2.35. The van der Waals surface area contributed by atoms with Gasteiger partial charge < -0.3 is 19.2 Å². The molecule has 2 saturated carbocycles. The second kappa shape index (κ2) is 13.3. The van der Waals surface area contributed by atoms with E-state index in [4.69, 9.17) is 29.0 Å². The predicted molar refractivity (Wildman–Crippen MR) is 154 cm³/mol. The third-order valence-electron chi connectivity index (χ3n) is 8.45. The number of carbonyl (C=O) groups excluding carboxylic acids is 1. The summed E-state index contributed by atoms with van der Waals surface area (Å²) in [5.74, 6) is 1.87. The van der Waals surface area contributed by atoms with Crippen LogP contribution >= 0.6 is 0 Å². The van der Waals surface area contributed by atoms with Gasteiger partial charge in [-0.1, -0.05) is 50.7 Å². The van der Waals surface area contributed by atoms with Gasteiger partial charge in [0.15, 0.2) is 11.5 Å². The van der Waals surface area contributed by atoms with Crippen molar-refractivity contribution in [2.45, 2.75) is 117 Å². The van der Waals surface area contributed by atoms with E-state index < -0.39 is 17.4 Å². The second-order valence-electron chi connectivity index (χ2n) is 12.6. The molecule has 2 fully saturated rings. The van der Waals surface area contributed by atoms with Crippen LogP contribution in [0.15, 0.2) is 36.4 Å². The van der Waals surface area contributed by atoms with Crippen molar-refractivity contribution in [3.05, 3.63) is 47.5 Å². The quantitative estimate of drug-likeness (QED) is 0.125. The van der Waals surface area contributed by atoms with Crippen LogP contribution in [0.4, 0.5) is 4.79 Å². The average Bonchev–Trinajstić information content (AvgIpc) is 2.94. The van der Waals surface area contributed by atoms with Crippen molar-refractivity contribution in [2.75, 3.05) is 0 Å². The van der Waals surface area contributed by atoms with E-state index in [9.17, 15) is 4.79 Å². The van der Waals surface area contributed by atoms with Gasteiger partial charge in [-0.2, -0.15) is 9.78 Å². The first-order valence-corrected chi connectivity index (χ1v) is 14.9. The average molecular weight is 555 g/mol. The maximum atomic E-state index is 12.9. The molecule has 7 nitrogen and oxygen atoms in total. The molecule has 2 aliphatic rings. The first-order valence-electron chi connectivity index (χ1n) is 14.9. The maximum Gasteiger partial charge on any atom is 0.519 e. The normalized spacial score (nSPS) is 17.4. The fraction of sp³-hybridized carbons (Fsp3) is 0.606. The van der Waals surface area contributed by atoms with Crippen LogP contribution in [0.3, 0.4) is 0 Å². The Morgan fingerprint density at radius 3 is 1.35 bits per heavy atom. The smallest absolute Gasteiger partial charge is 0.391 e. The molecule has 0 amide bonds. The van der Waals surface area contributed by atoms with Crippen molar-refractivity contribution in [1.82, 2.24) is 0 Å². The highest BCUT2D eigenvalue weighted by Crippen LogP contribution is 2.39. The van der Waals surface area contributed by atoms with E-state index in [-0.39, 0.29) is 11.5 Å². The standard InChI is InChI=1S/C33H46O7/c1-23-17-19-27(29(21-23)37-39-32(3,4)25-13-9-7-10-14-25)35-31(34)36-28-20-18-24(2)22-30(28)38-40-33(5,6)26-15-11-8-12-16-26/h17-22,25-26H,7-16H2,1-6H3. The lowest BCUT2D eigenvalue weighted by Crippen LogP contribution is -2.37. The van der Waals surface area contributed by atoms with E-state index in [1.165, 1.54) is 38.5 Å². The number of carbonyl (C=O) groups is 1. The van der Waals surface area contributed by atoms with Gasteiger partial charge in [0.2, 0.25) is 11.5 Å².